The highest BCUT2D eigenvalue weighted by Crippen LogP contribution is 2.14. The lowest BCUT2D eigenvalue weighted by atomic mass is 10.2. The fraction of sp³-hybridized carbons (Fsp3) is 0.286. The van der Waals surface area contributed by atoms with E-state index < -0.39 is 9.84 Å². The van der Waals surface area contributed by atoms with Gasteiger partial charge in [0.25, 0.3) is 0 Å². The van der Waals surface area contributed by atoms with Gasteiger partial charge >= 0.3 is 0 Å². The maximum Gasteiger partial charge on any atom is 0.230 e. The molecule has 1 N–H and O–H groups in total. The lowest BCUT2D eigenvalue weighted by molar-refractivity contribution is -0.118. The van der Waals surface area contributed by atoms with Gasteiger partial charge in [0.05, 0.1) is 10.6 Å². The maximum absolute atomic E-state index is 11.8. The molecule has 0 aliphatic rings. The summed E-state index contributed by atoms with van der Waals surface area (Å²) in [5.41, 5.74) is 0.850. The summed E-state index contributed by atoms with van der Waals surface area (Å²) in [7, 11) is -1.32. The first kappa shape index (κ1) is 16.6. The van der Waals surface area contributed by atoms with Gasteiger partial charge < -0.3 is 9.88 Å². The van der Waals surface area contributed by atoms with Gasteiger partial charge in [0, 0.05) is 32.2 Å². The predicted octanol–water partition coefficient (Wildman–Crippen LogP) is 1.23. The Kier molecular flexibility index (Phi) is 5.25. The van der Waals surface area contributed by atoms with E-state index in [1.54, 1.807) is 30.5 Å². The molecule has 2 aromatic rings. The minimum absolute atomic E-state index is 0.0970. The van der Waals surface area contributed by atoms with E-state index in [1.807, 2.05) is 17.8 Å². The quantitative estimate of drug-likeness (QED) is 0.801. The van der Waals surface area contributed by atoms with Crippen LogP contribution in [0.3, 0.4) is 0 Å². The van der Waals surface area contributed by atoms with Crippen molar-refractivity contribution >= 4 is 27.5 Å². The number of hydrogen-bond donors (Lipinski definition) is 1. The molecule has 0 bridgehead atoms. The molecule has 2 rings (SSSR count). The lowest BCUT2D eigenvalue weighted by Gasteiger charge is -2.06. The summed E-state index contributed by atoms with van der Waals surface area (Å²) in [6.45, 7) is 0.365. The zero-order valence-electron chi connectivity index (χ0n) is 12.3. The molecule has 0 atom stereocenters. The Morgan fingerprint density at radius 3 is 2.55 bits per heavy atom. The number of sulfone groups is 1. The van der Waals surface area contributed by atoms with Crippen LogP contribution >= 0.6 is 11.8 Å². The molecule has 0 fully saturated rings. The van der Waals surface area contributed by atoms with Crippen molar-refractivity contribution in [1.29, 1.82) is 0 Å². The number of amides is 1. The number of aryl methyl sites for hydroxylation is 1. The van der Waals surface area contributed by atoms with E-state index >= 15 is 0 Å². The smallest absolute Gasteiger partial charge is 0.230 e. The normalized spacial score (nSPS) is 11.4. The maximum atomic E-state index is 11.8. The van der Waals surface area contributed by atoms with Gasteiger partial charge in [0.2, 0.25) is 5.91 Å². The number of thioether (sulfide) groups is 1. The highest BCUT2D eigenvalue weighted by atomic mass is 32.2. The topological polar surface area (TPSA) is 81.1 Å². The van der Waals surface area contributed by atoms with Crippen molar-refractivity contribution in [2.24, 2.45) is 7.05 Å². The Balaban J connectivity index is 1.82. The minimum Gasteiger partial charge on any atom is -0.351 e. The number of rotatable bonds is 6. The molecule has 1 amide bonds. The summed E-state index contributed by atoms with van der Waals surface area (Å²) in [5, 5.41) is 3.58. The van der Waals surface area contributed by atoms with Gasteiger partial charge in [-0.1, -0.05) is 23.9 Å². The first-order valence-corrected chi connectivity index (χ1v) is 9.40. The molecule has 0 aliphatic carbocycles. The third kappa shape index (κ3) is 4.60. The Morgan fingerprint density at radius 1 is 1.32 bits per heavy atom. The average molecular weight is 339 g/mol. The Bertz CT molecular complexity index is 752. The number of carbonyl (C=O) groups excluding carboxylic acids is 1. The summed E-state index contributed by atoms with van der Waals surface area (Å²) >= 11 is 1.36. The monoisotopic (exact) mass is 339 g/mol. The first-order valence-electron chi connectivity index (χ1n) is 6.52. The second kappa shape index (κ2) is 6.97. The highest BCUT2D eigenvalue weighted by Gasteiger charge is 2.08. The molecule has 0 radical (unpaired) electrons. The van der Waals surface area contributed by atoms with Crippen molar-refractivity contribution in [1.82, 2.24) is 14.9 Å². The van der Waals surface area contributed by atoms with Crippen LogP contribution in [-0.2, 0) is 28.2 Å². The number of carbonyl (C=O) groups is 1. The zero-order valence-corrected chi connectivity index (χ0v) is 13.9. The van der Waals surface area contributed by atoms with E-state index in [-0.39, 0.29) is 16.6 Å². The number of nitrogens with one attached hydrogen (secondary N) is 1. The fourth-order valence-electron chi connectivity index (χ4n) is 1.73. The summed E-state index contributed by atoms with van der Waals surface area (Å²) in [6.07, 6.45) is 4.67. The SMILES string of the molecule is Cn1ccnc1SCC(=O)NCc1ccc(S(C)(=O)=O)cc1. The molecular weight excluding hydrogens is 322 g/mol. The van der Waals surface area contributed by atoms with Crippen LogP contribution < -0.4 is 5.32 Å². The van der Waals surface area contributed by atoms with E-state index in [0.717, 1.165) is 10.7 Å². The van der Waals surface area contributed by atoms with Crippen LogP contribution in [0.4, 0.5) is 0 Å². The molecule has 1 aromatic carbocycles. The Labute approximate surface area is 133 Å². The van der Waals surface area contributed by atoms with Crippen LogP contribution in [-0.4, -0.2) is 35.9 Å². The van der Waals surface area contributed by atoms with Gasteiger partial charge in [0.1, 0.15) is 0 Å². The van der Waals surface area contributed by atoms with Crippen LogP contribution in [0.15, 0.2) is 46.7 Å². The van der Waals surface area contributed by atoms with Crippen LogP contribution in [0.5, 0.6) is 0 Å². The zero-order chi connectivity index (χ0) is 16.2. The molecule has 0 saturated heterocycles. The molecule has 0 spiro atoms. The molecule has 1 heterocycles. The molecule has 22 heavy (non-hydrogen) atoms. The highest BCUT2D eigenvalue weighted by molar-refractivity contribution is 7.99. The van der Waals surface area contributed by atoms with Gasteiger partial charge in [-0.05, 0) is 17.7 Å². The molecule has 0 aliphatic heterocycles. The number of imidazole rings is 1. The van der Waals surface area contributed by atoms with Crippen molar-refractivity contribution in [3.05, 3.63) is 42.2 Å². The predicted molar refractivity (Wildman–Crippen MR) is 85.3 cm³/mol. The summed E-state index contributed by atoms with van der Waals surface area (Å²) in [5.74, 6) is 0.187. The largest absolute Gasteiger partial charge is 0.351 e. The van der Waals surface area contributed by atoms with Crippen molar-refractivity contribution in [2.45, 2.75) is 16.6 Å². The van der Waals surface area contributed by atoms with Crippen molar-refractivity contribution in [2.75, 3.05) is 12.0 Å². The minimum atomic E-state index is -3.19. The summed E-state index contributed by atoms with van der Waals surface area (Å²) < 4.78 is 24.6. The van der Waals surface area contributed by atoms with E-state index in [9.17, 15) is 13.2 Å². The van der Waals surface area contributed by atoms with E-state index in [0.29, 0.717) is 6.54 Å². The van der Waals surface area contributed by atoms with E-state index in [2.05, 4.69) is 10.3 Å². The third-order valence-corrected chi connectivity index (χ3v) is 5.14. The van der Waals surface area contributed by atoms with Crippen molar-refractivity contribution in [3.8, 4) is 0 Å². The Morgan fingerprint density at radius 2 is 2.00 bits per heavy atom. The summed E-state index contributed by atoms with van der Waals surface area (Å²) in [4.78, 5) is 16.2. The number of aromatic nitrogens is 2. The fourth-order valence-corrected chi connectivity index (χ4v) is 3.12. The molecule has 6 nitrogen and oxygen atoms in total. The van der Waals surface area contributed by atoms with Gasteiger partial charge in [-0.15, -0.1) is 0 Å². The molecule has 0 unspecified atom stereocenters. The molecule has 0 saturated carbocycles. The molecular formula is C14H17N3O3S2. The molecule has 1 aromatic heterocycles. The lowest BCUT2D eigenvalue weighted by Crippen LogP contribution is -2.24. The van der Waals surface area contributed by atoms with Crippen molar-refractivity contribution < 1.29 is 13.2 Å². The van der Waals surface area contributed by atoms with Gasteiger partial charge in [-0.2, -0.15) is 0 Å². The summed E-state index contributed by atoms with van der Waals surface area (Å²) in [6, 6.07) is 6.48. The second-order valence-electron chi connectivity index (χ2n) is 4.80. The van der Waals surface area contributed by atoms with Crippen LogP contribution in [0.2, 0.25) is 0 Å². The van der Waals surface area contributed by atoms with Gasteiger partial charge in [-0.3, -0.25) is 4.79 Å². The molecule has 8 heteroatoms. The standard InChI is InChI=1S/C14H17N3O3S2/c1-17-8-7-15-14(17)21-10-13(18)16-9-11-3-5-12(6-4-11)22(2,19)20/h3-8H,9-10H2,1-2H3,(H,16,18). The van der Waals surface area contributed by atoms with Crippen molar-refractivity contribution in [3.63, 3.8) is 0 Å². The average Bonchev–Trinajstić information content (AvgIpc) is 2.88. The number of hydrogen-bond acceptors (Lipinski definition) is 5. The van der Waals surface area contributed by atoms with E-state index in [1.165, 1.54) is 18.0 Å². The second-order valence-corrected chi connectivity index (χ2v) is 7.76. The first-order chi connectivity index (χ1) is 10.4. The number of nitrogens with zero attached hydrogens (tertiary/aromatic N) is 2. The van der Waals surface area contributed by atoms with Crippen LogP contribution in [0.1, 0.15) is 5.56 Å². The van der Waals surface area contributed by atoms with E-state index in [4.69, 9.17) is 0 Å². The van der Waals surface area contributed by atoms with Crippen LogP contribution in [0.25, 0.3) is 0 Å². The van der Waals surface area contributed by atoms with Gasteiger partial charge in [0.15, 0.2) is 15.0 Å². The van der Waals surface area contributed by atoms with Crippen LogP contribution in [0, 0.1) is 0 Å². The number of benzene rings is 1. The Hall–Kier alpha value is -1.80. The van der Waals surface area contributed by atoms with Gasteiger partial charge in [-0.25, -0.2) is 13.4 Å². The third-order valence-electron chi connectivity index (χ3n) is 2.95. The molecule has 118 valence electrons.